The SMILES string of the molecule is CN(c1ccc(N)cc1)c1ccc(F)cc1F. The van der Waals surface area contributed by atoms with E-state index in [9.17, 15) is 8.78 Å². The first-order valence-electron chi connectivity index (χ1n) is 5.12. The van der Waals surface area contributed by atoms with Gasteiger partial charge in [-0.25, -0.2) is 8.78 Å². The second kappa shape index (κ2) is 4.41. The van der Waals surface area contributed by atoms with Gasteiger partial charge in [0.1, 0.15) is 11.6 Å². The van der Waals surface area contributed by atoms with Gasteiger partial charge in [0.05, 0.1) is 5.69 Å². The highest BCUT2D eigenvalue weighted by Gasteiger charge is 2.09. The minimum atomic E-state index is -0.593. The maximum Gasteiger partial charge on any atom is 0.149 e. The van der Waals surface area contributed by atoms with Gasteiger partial charge in [-0.1, -0.05) is 0 Å². The summed E-state index contributed by atoms with van der Waals surface area (Å²) in [6, 6.07) is 10.5. The molecule has 0 saturated heterocycles. The molecule has 2 aromatic rings. The summed E-state index contributed by atoms with van der Waals surface area (Å²) in [6.45, 7) is 0. The van der Waals surface area contributed by atoms with Crippen LogP contribution in [-0.4, -0.2) is 7.05 Å². The normalized spacial score (nSPS) is 10.3. The molecule has 4 heteroatoms. The van der Waals surface area contributed by atoms with Crippen LogP contribution in [0, 0.1) is 11.6 Å². The zero-order valence-corrected chi connectivity index (χ0v) is 9.32. The molecule has 0 unspecified atom stereocenters. The molecular weight excluding hydrogens is 222 g/mol. The molecule has 0 aliphatic heterocycles. The lowest BCUT2D eigenvalue weighted by Crippen LogP contribution is -2.11. The van der Waals surface area contributed by atoms with Crippen molar-refractivity contribution in [3.63, 3.8) is 0 Å². The highest BCUT2D eigenvalue weighted by Crippen LogP contribution is 2.27. The van der Waals surface area contributed by atoms with Gasteiger partial charge >= 0.3 is 0 Å². The molecule has 0 aliphatic carbocycles. The van der Waals surface area contributed by atoms with Crippen LogP contribution in [0.15, 0.2) is 42.5 Å². The Morgan fingerprint density at radius 2 is 1.65 bits per heavy atom. The van der Waals surface area contributed by atoms with Gasteiger partial charge in [0.25, 0.3) is 0 Å². The fourth-order valence-corrected chi connectivity index (χ4v) is 1.59. The van der Waals surface area contributed by atoms with E-state index in [0.717, 1.165) is 11.8 Å². The van der Waals surface area contributed by atoms with E-state index in [4.69, 9.17) is 5.73 Å². The Kier molecular flexibility index (Phi) is 2.95. The number of hydrogen-bond donors (Lipinski definition) is 1. The van der Waals surface area contributed by atoms with E-state index in [1.807, 2.05) is 0 Å². The van der Waals surface area contributed by atoms with E-state index >= 15 is 0 Å². The molecule has 2 N–H and O–H groups in total. The standard InChI is InChI=1S/C13H12F2N2/c1-17(11-5-3-10(16)4-6-11)13-7-2-9(14)8-12(13)15/h2-8H,16H2,1H3. The smallest absolute Gasteiger partial charge is 0.149 e. The molecule has 2 rings (SSSR count). The van der Waals surface area contributed by atoms with Crippen molar-refractivity contribution >= 4 is 17.1 Å². The zero-order valence-electron chi connectivity index (χ0n) is 9.32. The number of halogens is 2. The van der Waals surface area contributed by atoms with Crippen molar-refractivity contribution < 1.29 is 8.78 Å². The summed E-state index contributed by atoms with van der Waals surface area (Å²) in [5.41, 5.74) is 7.31. The minimum absolute atomic E-state index is 0.316. The number of nitrogens with zero attached hydrogens (tertiary/aromatic N) is 1. The Balaban J connectivity index is 2.36. The van der Waals surface area contributed by atoms with Crippen molar-refractivity contribution in [2.45, 2.75) is 0 Å². The topological polar surface area (TPSA) is 29.3 Å². The second-order valence-electron chi connectivity index (χ2n) is 3.75. The lowest BCUT2D eigenvalue weighted by Gasteiger charge is -2.20. The van der Waals surface area contributed by atoms with Crippen LogP contribution in [0.5, 0.6) is 0 Å². The van der Waals surface area contributed by atoms with Gasteiger partial charge in [0.15, 0.2) is 0 Å². The molecule has 0 saturated carbocycles. The number of anilines is 3. The lowest BCUT2D eigenvalue weighted by molar-refractivity contribution is 0.583. The number of nitrogen functional groups attached to an aromatic ring is 1. The first kappa shape index (κ1) is 11.4. The van der Waals surface area contributed by atoms with Crippen molar-refractivity contribution in [2.24, 2.45) is 0 Å². The summed E-state index contributed by atoms with van der Waals surface area (Å²) in [4.78, 5) is 1.63. The predicted molar refractivity (Wildman–Crippen MR) is 65.3 cm³/mol. The van der Waals surface area contributed by atoms with Crippen LogP contribution in [0.1, 0.15) is 0 Å². The van der Waals surface area contributed by atoms with Gasteiger partial charge in [-0.15, -0.1) is 0 Å². The summed E-state index contributed by atoms with van der Waals surface area (Å²) >= 11 is 0. The average molecular weight is 234 g/mol. The summed E-state index contributed by atoms with van der Waals surface area (Å²) in [6.07, 6.45) is 0. The molecule has 2 nitrogen and oxygen atoms in total. The van der Waals surface area contributed by atoms with E-state index in [0.29, 0.717) is 11.4 Å². The van der Waals surface area contributed by atoms with Crippen molar-refractivity contribution in [1.29, 1.82) is 0 Å². The first-order chi connectivity index (χ1) is 8.08. The molecule has 0 heterocycles. The number of hydrogen-bond acceptors (Lipinski definition) is 2. The fourth-order valence-electron chi connectivity index (χ4n) is 1.59. The van der Waals surface area contributed by atoms with Crippen molar-refractivity contribution in [3.05, 3.63) is 54.1 Å². The molecule has 0 atom stereocenters. The van der Waals surface area contributed by atoms with Crippen LogP contribution in [0.25, 0.3) is 0 Å². The Hall–Kier alpha value is -2.10. The van der Waals surface area contributed by atoms with Gasteiger partial charge in [-0.3, -0.25) is 0 Å². The van der Waals surface area contributed by atoms with Crippen LogP contribution in [-0.2, 0) is 0 Å². The van der Waals surface area contributed by atoms with Crippen LogP contribution in [0.4, 0.5) is 25.8 Å². The number of rotatable bonds is 2. The molecule has 2 aromatic carbocycles. The summed E-state index contributed by atoms with van der Waals surface area (Å²) < 4.78 is 26.4. The van der Waals surface area contributed by atoms with Crippen LogP contribution < -0.4 is 10.6 Å². The third kappa shape index (κ3) is 2.36. The summed E-state index contributed by atoms with van der Waals surface area (Å²) in [5, 5.41) is 0. The van der Waals surface area contributed by atoms with Crippen LogP contribution in [0.2, 0.25) is 0 Å². The van der Waals surface area contributed by atoms with E-state index in [1.54, 1.807) is 36.2 Å². The Morgan fingerprint density at radius 1 is 1.00 bits per heavy atom. The largest absolute Gasteiger partial charge is 0.399 e. The van der Waals surface area contributed by atoms with E-state index < -0.39 is 11.6 Å². The maximum absolute atomic E-state index is 13.6. The van der Waals surface area contributed by atoms with Gasteiger partial charge in [0.2, 0.25) is 0 Å². The Labute approximate surface area is 98.3 Å². The second-order valence-corrected chi connectivity index (χ2v) is 3.75. The molecule has 0 amide bonds. The van der Waals surface area contributed by atoms with Crippen molar-refractivity contribution in [1.82, 2.24) is 0 Å². The first-order valence-corrected chi connectivity index (χ1v) is 5.12. The summed E-state index contributed by atoms with van der Waals surface area (Å²) in [7, 11) is 1.71. The predicted octanol–water partition coefficient (Wildman–Crippen LogP) is 3.31. The Morgan fingerprint density at radius 3 is 2.24 bits per heavy atom. The molecule has 0 bridgehead atoms. The quantitative estimate of drug-likeness (QED) is 0.808. The highest BCUT2D eigenvalue weighted by atomic mass is 19.1. The molecule has 0 aromatic heterocycles. The zero-order chi connectivity index (χ0) is 12.4. The molecule has 0 aliphatic rings. The van der Waals surface area contributed by atoms with Crippen LogP contribution in [0.3, 0.4) is 0 Å². The van der Waals surface area contributed by atoms with Crippen molar-refractivity contribution in [2.75, 3.05) is 17.7 Å². The van der Waals surface area contributed by atoms with E-state index in [-0.39, 0.29) is 0 Å². The van der Waals surface area contributed by atoms with E-state index in [2.05, 4.69) is 0 Å². The molecule has 88 valence electrons. The molecule has 0 spiro atoms. The van der Waals surface area contributed by atoms with Crippen LogP contribution >= 0.6 is 0 Å². The highest BCUT2D eigenvalue weighted by molar-refractivity contribution is 5.64. The fraction of sp³-hybridized carbons (Fsp3) is 0.0769. The molecule has 17 heavy (non-hydrogen) atoms. The number of benzene rings is 2. The van der Waals surface area contributed by atoms with Gasteiger partial charge in [-0.2, -0.15) is 0 Å². The molecule has 0 fully saturated rings. The number of nitrogens with two attached hydrogens (primary N) is 1. The molecular formula is C13H12F2N2. The third-order valence-electron chi connectivity index (χ3n) is 2.55. The van der Waals surface area contributed by atoms with Gasteiger partial charge in [-0.05, 0) is 36.4 Å². The lowest BCUT2D eigenvalue weighted by atomic mass is 10.2. The third-order valence-corrected chi connectivity index (χ3v) is 2.55. The summed E-state index contributed by atoms with van der Waals surface area (Å²) in [5.74, 6) is -1.18. The molecule has 0 radical (unpaired) electrons. The average Bonchev–Trinajstić information content (AvgIpc) is 2.29. The monoisotopic (exact) mass is 234 g/mol. The minimum Gasteiger partial charge on any atom is -0.399 e. The van der Waals surface area contributed by atoms with Crippen molar-refractivity contribution in [3.8, 4) is 0 Å². The van der Waals surface area contributed by atoms with Gasteiger partial charge < -0.3 is 10.6 Å². The van der Waals surface area contributed by atoms with Gasteiger partial charge in [0, 0.05) is 24.5 Å². The Bertz CT molecular complexity index is 523. The maximum atomic E-state index is 13.6. The van der Waals surface area contributed by atoms with E-state index in [1.165, 1.54) is 12.1 Å².